The molecule has 0 heterocycles. The van der Waals surface area contributed by atoms with Crippen LogP contribution in [0.5, 0.6) is 0 Å². The van der Waals surface area contributed by atoms with E-state index in [0.717, 1.165) is 25.0 Å². The first-order valence-corrected chi connectivity index (χ1v) is 6.55. The van der Waals surface area contributed by atoms with E-state index in [-0.39, 0.29) is 12.0 Å². The number of benzene rings is 1. The molecule has 3 nitrogen and oxygen atoms in total. The van der Waals surface area contributed by atoms with Gasteiger partial charge in [0.05, 0.1) is 19.3 Å². The molecule has 0 saturated carbocycles. The van der Waals surface area contributed by atoms with Crippen molar-refractivity contribution in [2.45, 2.75) is 25.9 Å². The van der Waals surface area contributed by atoms with E-state index in [4.69, 9.17) is 9.47 Å². The van der Waals surface area contributed by atoms with Crippen LogP contribution >= 0.6 is 0 Å². The van der Waals surface area contributed by atoms with Crippen molar-refractivity contribution in [3.8, 4) is 0 Å². The van der Waals surface area contributed by atoms with Crippen molar-refractivity contribution in [1.82, 2.24) is 0 Å². The molecule has 18 heavy (non-hydrogen) atoms. The van der Waals surface area contributed by atoms with Crippen molar-refractivity contribution < 1.29 is 14.6 Å². The molecule has 1 aromatic rings. The second kappa shape index (κ2) is 9.09. The average Bonchev–Trinajstić information content (AvgIpc) is 2.42. The summed E-state index contributed by atoms with van der Waals surface area (Å²) in [6.45, 7) is 4.09. The zero-order valence-electron chi connectivity index (χ0n) is 11.3. The highest BCUT2D eigenvalue weighted by Gasteiger charge is 2.15. The Labute approximate surface area is 110 Å². The molecule has 1 rings (SSSR count). The Bertz CT molecular complexity index is 300. The summed E-state index contributed by atoms with van der Waals surface area (Å²) in [5.74, 6) is 0.249. The first kappa shape index (κ1) is 15.2. The maximum Gasteiger partial charge on any atom is 0.0815 e. The number of aliphatic hydroxyl groups is 1. The zero-order chi connectivity index (χ0) is 13.2. The Morgan fingerprint density at radius 2 is 1.83 bits per heavy atom. The van der Waals surface area contributed by atoms with Crippen molar-refractivity contribution in [3.63, 3.8) is 0 Å². The molecule has 0 aromatic heterocycles. The molecule has 0 fully saturated rings. The highest BCUT2D eigenvalue weighted by atomic mass is 16.5. The third-order valence-electron chi connectivity index (χ3n) is 3.06. The minimum absolute atomic E-state index is 0.249. The lowest BCUT2D eigenvalue weighted by Gasteiger charge is -2.19. The number of aliphatic hydroxyl groups excluding tert-OH is 1. The molecular weight excluding hydrogens is 228 g/mol. The van der Waals surface area contributed by atoms with E-state index >= 15 is 0 Å². The van der Waals surface area contributed by atoms with Crippen LogP contribution in [0.15, 0.2) is 30.3 Å². The molecule has 2 atom stereocenters. The smallest absolute Gasteiger partial charge is 0.0815 e. The van der Waals surface area contributed by atoms with Gasteiger partial charge in [-0.15, -0.1) is 0 Å². The average molecular weight is 252 g/mol. The molecule has 0 amide bonds. The fourth-order valence-corrected chi connectivity index (χ4v) is 1.89. The molecule has 0 bridgehead atoms. The summed E-state index contributed by atoms with van der Waals surface area (Å²) in [6.07, 6.45) is 1.54. The fraction of sp³-hybridized carbons (Fsp3) is 0.600. The molecule has 3 heteroatoms. The summed E-state index contributed by atoms with van der Waals surface area (Å²) < 4.78 is 10.3. The van der Waals surface area contributed by atoms with E-state index in [2.05, 4.69) is 6.92 Å². The first-order valence-electron chi connectivity index (χ1n) is 6.55. The molecule has 0 radical (unpaired) electrons. The van der Waals surface area contributed by atoms with Gasteiger partial charge in [-0.3, -0.25) is 0 Å². The summed E-state index contributed by atoms with van der Waals surface area (Å²) in [5, 5.41) is 10.2. The molecule has 102 valence electrons. The monoisotopic (exact) mass is 252 g/mol. The van der Waals surface area contributed by atoms with Crippen LogP contribution in [0, 0.1) is 5.92 Å². The van der Waals surface area contributed by atoms with Gasteiger partial charge >= 0.3 is 0 Å². The van der Waals surface area contributed by atoms with E-state index in [9.17, 15) is 5.11 Å². The van der Waals surface area contributed by atoms with Crippen LogP contribution in [-0.4, -0.2) is 32.0 Å². The molecular formula is C15H24O3. The zero-order valence-corrected chi connectivity index (χ0v) is 11.3. The highest BCUT2D eigenvalue weighted by Crippen LogP contribution is 2.24. The molecule has 1 N–H and O–H groups in total. The lowest BCUT2D eigenvalue weighted by atomic mass is 9.93. The lowest BCUT2D eigenvalue weighted by Crippen LogP contribution is -2.11. The van der Waals surface area contributed by atoms with E-state index in [0.29, 0.717) is 13.2 Å². The largest absolute Gasteiger partial charge is 0.388 e. The van der Waals surface area contributed by atoms with Crippen LogP contribution in [-0.2, 0) is 9.47 Å². The SMILES string of the molecule is COCCOCCCC(C)C(O)c1ccccc1. The summed E-state index contributed by atoms with van der Waals surface area (Å²) in [7, 11) is 1.67. The van der Waals surface area contributed by atoms with Crippen molar-refractivity contribution >= 4 is 0 Å². The van der Waals surface area contributed by atoms with Gasteiger partial charge in [-0.05, 0) is 24.3 Å². The molecule has 0 saturated heterocycles. The predicted molar refractivity (Wildman–Crippen MR) is 72.5 cm³/mol. The van der Waals surface area contributed by atoms with E-state index < -0.39 is 0 Å². The van der Waals surface area contributed by atoms with E-state index in [1.54, 1.807) is 7.11 Å². The van der Waals surface area contributed by atoms with Crippen molar-refractivity contribution in [2.75, 3.05) is 26.9 Å². The standard InChI is InChI=1S/C15H24O3/c1-13(7-6-10-18-12-11-17-2)15(16)14-8-4-3-5-9-14/h3-5,8-9,13,15-16H,6-7,10-12H2,1-2H3. The van der Waals surface area contributed by atoms with Gasteiger partial charge in [-0.1, -0.05) is 37.3 Å². The fourth-order valence-electron chi connectivity index (χ4n) is 1.89. The Hall–Kier alpha value is -0.900. The number of hydrogen-bond acceptors (Lipinski definition) is 3. The minimum Gasteiger partial charge on any atom is -0.388 e. The van der Waals surface area contributed by atoms with Gasteiger partial charge in [0.25, 0.3) is 0 Å². The van der Waals surface area contributed by atoms with Gasteiger partial charge in [0.15, 0.2) is 0 Å². The summed E-state index contributed by atoms with van der Waals surface area (Å²) in [6, 6.07) is 9.81. The number of ether oxygens (including phenoxy) is 2. The molecule has 0 aliphatic heterocycles. The highest BCUT2D eigenvalue weighted by molar-refractivity contribution is 5.17. The van der Waals surface area contributed by atoms with E-state index in [1.165, 1.54) is 0 Å². The molecule has 0 spiro atoms. The Balaban J connectivity index is 2.18. The second-order valence-electron chi connectivity index (χ2n) is 4.58. The molecule has 0 aliphatic carbocycles. The van der Waals surface area contributed by atoms with Gasteiger partial charge < -0.3 is 14.6 Å². The van der Waals surface area contributed by atoms with Crippen LogP contribution in [0.25, 0.3) is 0 Å². The van der Waals surface area contributed by atoms with Gasteiger partial charge in [0, 0.05) is 13.7 Å². The normalized spacial score (nSPS) is 14.4. The number of hydrogen-bond donors (Lipinski definition) is 1. The summed E-state index contributed by atoms with van der Waals surface area (Å²) in [5.41, 5.74) is 0.991. The van der Waals surface area contributed by atoms with Crippen molar-refractivity contribution in [2.24, 2.45) is 5.92 Å². The Morgan fingerprint density at radius 1 is 1.11 bits per heavy atom. The Morgan fingerprint density at radius 3 is 2.50 bits per heavy atom. The number of rotatable bonds is 9. The first-order chi connectivity index (χ1) is 8.75. The summed E-state index contributed by atoms with van der Waals surface area (Å²) in [4.78, 5) is 0. The maximum absolute atomic E-state index is 10.2. The summed E-state index contributed by atoms with van der Waals surface area (Å²) >= 11 is 0. The molecule has 0 aliphatic rings. The van der Waals surface area contributed by atoms with Gasteiger partial charge in [0.2, 0.25) is 0 Å². The van der Waals surface area contributed by atoms with Crippen molar-refractivity contribution in [3.05, 3.63) is 35.9 Å². The molecule has 2 unspecified atom stereocenters. The third-order valence-corrected chi connectivity index (χ3v) is 3.06. The van der Waals surface area contributed by atoms with Crippen LogP contribution in [0.4, 0.5) is 0 Å². The third kappa shape index (κ3) is 5.63. The van der Waals surface area contributed by atoms with Crippen LogP contribution in [0.3, 0.4) is 0 Å². The number of methoxy groups -OCH3 is 1. The predicted octanol–water partition coefficient (Wildman–Crippen LogP) is 2.80. The van der Waals surface area contributed by atoms with Crippen molar-refractivity contribution in [1.29, 1.82) is 0 Å². The quantitative estimate of drug-likeness (QED) is 0.687. The van der Waals surface area contributed by atoms with Crippen LogP contribution in [0.2, 0.25) is 0 Å². The van der Waals surface area contributed by atoms with Crippen LogP contribution in [0.1, 0.15) is 31.4 Å². The van der Waals surface area contributed by atoms with Gasteiger partial charge in [-0.2, -0.15) is 0 Å². The topological polar surface area (TPSA) is 38.7 Å². The lowest BCUT2D eigenvalue weighted by molar-refractivity contribution is 0.0604. The minimum atomic E-state index is -0.384. The Kier molecular flexibility index (Phi) is 7.65. The van der Waals surface area contributed by atoms with Gasteiger partial charge in [0.1, 0.15) is 0 Å². The second-order valence-corrected chi connectivity index (χ2v) is 4.58. The van der Waals surface area contributed by atoms with Gasteiger partial charge in [-0.25, -0.2) is 0 Å². The van der Waals surface area contributed by atoms with Crippen LogP contribution < -0.4 is 0 Å². The van der Waals surface area contributed by atoms with E-state index in [1.807, 2.05) is 30.3 Å². The molecule has 1 aromatic carbocycles. The maximum atomic E-state index is 10.2.